The Balaban J connectivity index is 2.18. The van der Waals surface area contributed by atoms with Crippen LogP contribution in [0.1, 0.15) is 21.5 Å². The Bertz CT molecular complexity index is 535. The Morgan fingerprint density at radius 1 is 1.00 bits per heavy atom. The first-order chi connectivity index (χ1) is 8.56. The summed E-state index contributed by atoms with van der Waals surface area (Å²) in [7, 11) is 0. The van der Waals surface area contributed by atoms with Gasteiger partial charge in [0, 0.05) is 14.9 Å². The molecule has 2 rings (SSSR count). The van der Waals surface area contributed by atoms with Crippen LogP contribution in [-0.4, -0.2) is 0 Å². The molecule has 0 aliphatic rings. The second-order valence-corrected chi connectivity index (χ2v) is 6.28. The zero-order valence-electron chi connectivity index (χ0n) is 9.96. The molecule has 2 aromatic carbocycles. The van der Waals surface area contributed by atoms with Gasteiger partial charge in [-0.1, -0.05) is 57.3 Å². The van der Waals surface area contributed by atoms with E-state index in [1.807, 2.05) is 30.3 Å². The van der Waals surface area contributed by atoms with Gasteiger partial charge in [0.05, 0.1) is 0 Å². The van der Waals surface area contributed by atoms with E-state index in [2.05, 4.69) is 35.0 Å². The SMILES string of the molecule is Cc1ccc(Cl)cc1C(Br)Cc1ccc(Cl)cc1. The van der Waals surface area contributed by atoms with Crippen molar-refractivity contribution in [1.29, 1.82) is 0 Å². The van der Waals surface area contributed by atoms with Gasteiger partial charge in [0.1, 0.15) is 0 Å². The Hall–Kier alpha value is -0.500. The minimum absolute atomic E-state index is 0.261. The lowest BCUT2D eigenvalue weighted by Gasteiger charge is -2.13. The van der Waals surface area contributed by atoms with E-state index >= 15 is 0 Å². The van der Waals surface area contributed by atoms with Gasteiger partial charge in [-0.15, -0.1) is 0 Å². The van der Waals surface area contributed by atoms with Crippen LogP contribution in [0.4, 0.5) is 0 Å². The molecular weight excluding hydrogens is 331 g/mol. The lowest BCUT2D eigenvalue weighted by atomic mass is 10.0. The van der Waals surface area contributed by atoms with E-state index in [-0.39, 0.29) is 4.83 Å². The standard InChI is InChI=1S/C15H13BrCl2/c1-10-2-5-13(18)9-14(10)15(16)8-11-3-6-12(17)7-4-11/h2-7,9,15H,8H2,1H3. The Morgan fingerprint density at radius 2 is 1.61 bits per heavy atom. The van der Waals surface area contributed by atoms with E-state index in [9.17, 15) is 0 Å². The highest BCUT2D eigenvalue weighted by Gasteiger charge is 2.11. The van der Waals surface area contributed by atoms with Crippen LogP contribution in [0.3, 0.4) is 0 Å². The minimum atomic E-state index is 0.261. The fourth-order valence-corrected chi connectivity index (χ4v) is 3.06. The molecule has 0 N–H and O–H groups in total. The van der Waals surface area contributed by atoms with Gasteiger partial charge in [0.2, 0.25) is 0 Å². The molecule has 2 aromatic rings. The molecule has 0 nitrogen and oxygen atoms in total. The van der Waals surface area contributed by atoms with Crippen LogP contribution >= 0.6 is 39.1 Å². The molecule has 0 saturated carbocycles. The van der Waals surface area contributed by atoms with Crippen molar-refractivity contribution in [1.82, 2.24) is 0 Å². The third kappa shape index (κ3) is 3.50. The maximum Gasteiger partial charge on any atom is 0.0438 e. The van der Waals surface area contributed by atoms with E-state index in [0.29, 0.717) is 0 Å². The van der Waals surface area contributed by atoms with Crippen LogP contribution in [0.5, 0.6) is 0 Å². The summed E-state index contributed by atoms with van der Waals surface area (Å²) in [5.74, 6) is 0. The van der Waals surface area contributed by atoms with E-state index in [1.165, 1.54) is 16.7 Å². The zero-order valence-corrected chi connectivity index (χ0v) is 13.1. The average Bonchev–Trinajstić information content (AvgIpc) is 2.35. The highest BCUT2D eigenvalue weighted by atomic mass is 79.9. The third-order valence-corrected chi connectivity index (χ3v) is 4.21. The topological polar surface area (TPSA) is 0 Å². The van der Waals surface area contributed by atoms with Crippen molar-refractivity contribution in [2.75, 3.05) is 0 Å². The normalized spacial score (nSPS) is 12.4. The van der Waals surface area contributed by atoms with Gasteiger partial charge in [0.25, 0.3) is 0 Å². The van der Waals surface area contributed by atoms with Crippen LogP contribution < -0.4 is 0 Å². The summed E-state index contributed by atoms with van der Waals surface area (Å²) in [5, 5.41) is 1.54. The number of aryl methyl sites for hydroxylation is 1. The lowest BCUT2D eigenvalue weighted by Crippen LogP contribution is -1.98. The van der Waals surface area contributed by atoms with Gasteiger partial charge in [-0.2, -0.15) is 0 Å². The Morgan fingerprint density at radius 3 is 2.28 bits per heavy atom. The minimum Gasteiger partial charge on any atom is -0.0843 e. The number of hydrogen-bond donors (Lipinski definition) is 0. The number of benzene rings is 2. The van der Waals surface area contributed by atoms with E-state index in [0.717, 1.165) is 16.5 Å². The zero-order chi connectivity index (χ0) is 13.1. The summed E-state index contributed by atoms with van der Waals surface area (Å²) in [5.41, 5.74) is 3.73. The van der Waals surface area contributed by atoms with Crippen LogP contribution in [0.25, 0.3) is 0 Å². The highest BCUT2D eigenvalue weighted by Crippen LogP contribution is 2.31. The molecule has 0 saturated heterocycles. The van der Waals surface area contributed by atoms with Gasteiger partial charge in [0.15, 0.2) is 0 Å². The lowest BCUT2D eigenvalue weighted by molar-refractivity contribution is 0.938. The van der Waals surface area contributed by atoms with Crippen molar-refractivity contribution < 1.29 is 0 Å². The number of hydrogen-bond acceptors (Lipinski definition) is 0. The molecule has 1 atom stereocenters. The van der Waals surface area contributed by atoms with E-state index < -0.39 is 0 Å². The molecule has 0 radical (unpaired) electrons. The summed E-state index contributed by atoms with van der Waals surface area (Å²) in [4.78, 5) is 0.261. The first-order valence-corrected chi connectivity index (χ1v) is 7.38. The smallest absolute Gasteiger partial charge is 0.0438 e. The van der Waals surface area contributed by atoms with Gasteiger partial charge in [-0.05, 0) is 54.3 Å². The van der Waals surface area contributed by atoms with Crippen molar-refractivity contribution in [3.63, 3.8) is 0 Å². The summed E-state index contributed by atoms with van der Waals surface area (Å²) in [6.45, 7) is 2.10. The molecule has 94 valence electrons. The predicted octanol–water partition coefficient (Wildman–Crippen LogP) is 5.98. The fourth-order valence-electron chi connectivity index (χ4n) is 1.89. The molecular formula is C15H13BrCl2. The molecule has 18 heavy (non-hydrogen) atoms. The number of halogens is 3. The molecule has 3 heteroatoms. The van der Waals surface area contributed by atoms with Gasteiger partial charge < -0.3 is 0 Å². The second-order valence-electron chi connectivity index (χ2n) is 4.30. The maximum atomic E-state index is 6.05. The summed E-state index contributed by atoms with van der Waals surface area (Å²) in [6.07, 6.45) is 0.915. The molecule has 0 bridgehead atoms. The molecule has 0 aliphatic heterocycles. The largest absolute Gasteiger partial charge is 0.0843 e. The fraction of sp³-hybridized carbons (Fsp3) is 0.200. The molecule has 0 aromatic heterocycles. The second kappa shape index (κ2) is 6.10. The molecule has 0 aliphatic carbocycles. The van der Waals surface area contributed by atoms with Crippen molar-refractivity contribution in [2.24, 2.45) is 0 Å². The van der Waals surface area contributed by atoms with Crippen molar-refractivity contribution in [3.8, 4) is 0 Å². The number of rotatable bonds is 3. The van der Waals surface area contributed by atoms with Crippen molar-refractivity contribution >= 4 is 39.1 Å². The molecule has 0 heterocycles. The average molecular weight is 344 g/mol. The molecule has 0 spiro atoms. The summed E-state index contributed by atoms with van der Waals surface area (Å²) < 4.78 is 0. The van der Waals surface area contributed by atoms with Crippen LogP contribution in [-0.2, 0) is 6.42 Å². The molecule has 0 fully saturated rings. The summed E-state index contributed by atoms with van der Waals surface area (Å²) in [6, 6.07) is 13.9. The molecule has 1 unspecified atom stereocenters. The van der Waals surface area contributed by atoms with Crippen LogP contribution in [0, 0.1) is 6.92 Å². The van der Waals surface area contributed by atoms with Crippen LogP contribution in [0.2, 0.25) is 10.0 Å². The maximum absolute atomic E-state index is 6.05. The monoisotopic (exact) mass is 342 g/mol. The van der Waals surface area contributed by atoms with Crippen molar-refractivity contribution in [2.45, 2.75) is 18.2 Å². The summed E-state index contributed by atoms with van der Waals surface area (Å²) >= 11 is 15.7. The van der Waals surface area contributed by atoms with Crippen LogP contribution in [0.15, 0.2) is 42.5 Å². The van der Waals surface area contributed by atoms with E-state index in [1.54, 1.807) is 0 Å². The first-order valence-electron chi connectivity index (χ1n) is 5.71. The highest BCUT2D eigenvalue weighted by molar-refractivity contribution is 9.09. The van der Waals surface area contributed by atoms with E-state index in [4.69, 9.17) is 23.2 Å². The Labute approximate surface area is 126 Å². The number of alkyl halides is 1. The third-order valence-electron chi connectivity index (χ3n) is 2.91. The van der Waals surface area contributed by atoms with Gasteiger partial charge >= 0.3 is 0 Å². The van der Waals surface area contributed by atoms with Gasteiger partial charge in [-0.25, -0.2) is 0 Å². The first kappa shape index (κ1) is 13.9. The molecule has 0 amide bonds. The predicted molar refractivity (Wildman–Crippen MR) is 83.0 cm³/mol. The Kier molecular flexibility index (Phi) is 4.71. The quantitative estimate of drug-likeness (QED) is 0.601. The van der Waals surface area contributed by atoms with Crippen molar-refractivity contribution in [3.05, 3.63) is 69.2 Å². The van der Waals surface area contributed by atoms with Gasteiger partial charge in [-0.3, -0.25) is 0 Å².